The van der Waals surface area contributed by atoms with E-state index in [4.69, 9.17) is 4.74 Å². The summed E-state index contributed by atoms with van der Waals surface area (Å²) >= 11 is 0. The van der Waals surface area contributed by atoms with Crippen molar-refractivity contribution in [2.45, 2.75) is 112 Å². The quantitative estimate of drug-likeness (QED) is 0.246. The maximum absolute atomic E-state index is 13.1. The minimum Gasteiger partial charge on any atom is -0.444 e. The number of carbonyl (C=O) groups excluding carboxylic acids is 5. The van der Waals surface area contributed by atoms with E-state index in [2.05, 4.69) is 26.6 Å². The van der Waals surface area contributed by atoms with Gasteiger partial charge in [0.1, 0.15) is 29.8 Å². The van der Waals surface area contributed by atoms with Gasteiger partial charge in [0.2, 0.25) is 23.6 Å². The molecule has 0 rings (SSSR count). The van der Waals surface area contributed by atoms with Gasteiger partial charge in [-0.3, -0.25) is 19.2 Å². The second kappa shape index (κ2) is 15.4. The zero-order chi connectivity index (χ0) is 29.1. The standard InChI is InChI=1S/C26H49N5O6/c1-12-27-23(34)19(15(4)5)30-21(32)17(8)28-22(33)18(13-14(2)3)29-24(35)20(16(6)7)31-25(36)37-26(9,10)11/h14-20H,12-13H2,1-11H3,(H,27,34)(H,28,33)(H,29,35)(H,30,32)(H,31,36)/t17-,18-,19-,20-/m0/s1. The summed E-state index contributed by atoms with van der Waals surface area (Å²) in [5.41, 5.74) is -0.731. The van der Waals surface area contributed by atoms with Gasteiger partial charge in [-0.15, -0.1) is 0 Å². The van der Waals surface area contributed by atoms with Crippen LogP contribution in [0, 0.1) is 17.8 Å². The van der Waals surface area contributed by atoms with Crippen LogP contribution in [0.25, 0.3) is 0 Å². The van der Waals surface area contributed by atoms with E-state index in [-0.39, 0.29) is 23.7 Å². The normalized spacial score (nSPS) is 14.9. The van der Waals surface area contributed by atoms with E-state index in [9.17, 15) is 24.0 Å². The van der Waals surface area contributed by atoms with Crippen LogP contribution in [0.5, 0.6) is 0 Å². The van der Waals surface area contributed by atoms with E-state index in [1.54, 1.807) is 41.5 Å². The second-order valence-electron chi connectivity index (χ2n) is 11.4. The summed E-state index contributed by atoms with van der Waals surface area (Å²) in [6, 6.07) is -3.56. The first-order valence-electron chi connectivity index (χ1n) is 13.1. The average molecular weight is 528 g/mol. The van der Waals surface area contributed by atoms with E-state index >= 15 is 0 Å². The molecular weight excluding hydrogens is 478 g/mol. The van der Waals surface area contributed by atoms with Gasteiger partial charge in [-0.05, 0) is 58.8 Å². The summed E-state index contributed by atoms with van der Waals surface area (Å²) in [6.45, 7) is 19.9. The fourth-order valence-electron chi connectivity index (χ4n) is 3.41. The largest absolute Gasteiger partial charge is 0.444 e. The monoisotopic (exact) mass is 527 g/mol. The fraction of sp³-hybridized carbons (Fsp3) is 0.808. The van der Waals surface area contributed by atoms with Gasteiger partial charge >= 0.3 is 6.09 Å². The molecule has 0 saturated heterocycles. The van der Waals surface area contributed by atoms with Crippen molar-refractivity contribution in [2.24, 2.45) is 17.8 Å². The summed E-state index contributed by atoms with van der Waals surface area (Å²) in [4.78, 5) is 63.5. The lowest BCUT2D eigenvalue weighted by Gasteiger charge is -2.28. The lowest BCUT2D eigenvalue weighted by atomic mass is 9.99. The molecule has 0 saturated carbocycles. The van der Waals surface area contributed by atoms with E-state index in [0.717, 1.165) is 0 Å². The summed E-state index contributed by atoms with van der Waals surface area (Å²) < 4.78 is 5.26. The van der Waals surface area contributed by atoms with Gasteiger partial charge in [-0.25, -0.2) is 4.79 Å². The van der Waals surface area contributed by atoms with Gasteiger partial charge in [0.05, 0.1) is 0 Å². The third kappa shape index (κ3) is 13.3. The van der Waals surface area contributed by atoms with Crippen molar-refractivity contribution in [1.29, 1.82) is 0 Å². The minimum absolute atomic E-state index is 0.0551. The molecule has 0 unspecified atom stereocenters. The zero-order valence-corrected chi connectivity index (χ0v) is 24.4. The van der Waals surface area contributed by atoms with Crippen molar-refractivity contribution in [3.05, 3.63) is 0 Å². The minimum atomic E-state index is -0.949. The van der Waals surface area contributed by atoms with Crippen molar-refractivity contribution >= 4 is 29.7 Å². The van der Waals surface area contributed by atoms with Crippen LogP contribution >= 0.6 is 0 Å². The van der Waals surface area contributed by atoms with Crippen molar-refractivity contribution in [1.82, 2.24) is 26.6 Å². The van der Waals surface area contributed by atoms with Gasteiger partial charge in [0.25, 0.3) is 0 Å². The molecule has 0 aromatic heterocycles. The van der Waals surface area contributed by atoms with E-state index in [1.807, 2.05) is 27.7 Å². The van der Waals surface area contributed by atoms with Crippen LogP contribution < -0.4 is 26.6 Å². The number of ether oxygens (including phenoxy) is 1. The van der Waals surface area contributed by atoms with Crippen molar-refractivity contribution in [3.63, 3.8) is 0 Å². The molecule has 0 aromatic carbocycles. The van der Waals surface area contributed by atoms with Gasteiger partial charge in [-0.2, -0.15) is 0 Å². The van der Waals surface area contributed by atoms with Crippen LogP contribution in [0.4, 0.5) is 4.79 Å². The number of alkyl carbamates (subject to hydrolysis) is 1. The maximum atomic E-state index is 13.1. The third-order valence-electron chi connectivity index (χ3n) is 5.31. The van der Waals surface area contributed by atoms with Crippen molar-refractivity contribution < 1.29 is 28.7 Å². The SMILES string of the molecule is CCNC(=O)[C@@H](NC(=O)[C@H](C)NC(=O)[C@H](CC(C)C)NC(=O)[C@@H](NC(=O)OC(C)(C)C)C(C)C)C(C)C. The Labute approximate surface area is 222 Å². The number of carbonyl (C=O) groups is 5. The Morgan fingerprint density at radius 1 is 0.676 bits per heavy atom. The Kier molecular flexibility index (Phi) is 14.2. The molecule has 0 aliphatic heterocycles. The smallest absolute Gasteiger partial charge is 0.408 e. The molecule has 5 N–H and O–H groups in total. The van der Waals surface area contributed by atoms with E-state index < -0.39 is 53.6 Å². The molecule has 0 heterocycles. The molecule has 0 fully saturated rings. The summed E-state index contributed by atoms with van der Waals surface area (Å²) in [6.07, 6.45) is -0.417. The molecule has 0 aliphatic carbocycles. The summed E-state index contributed by atoms with van der Waals surface area (Å²) in [5.74, 6) is -2.26. The van der Waals surface area contributed by atoms with Gasteiger partial charge < -0.3 is 31.3 Å². The molecule has 0 aliphatic rings. The fourth-order valence-corrected chi connectivity index (χ4v) is 3.41. The first-order valence-corrected chi connectivity index (χ1v) is 13.1. The highest BCUT2D eigenvalue weighted by molar-refractivity contribution is 5.95. The van der Waals surface area contributed by atoms with Crippen molar-refractivity contribution in [3.8, 4) is 0 Å². The van der Waals surface area contributed by atoms with Gasteiger partial charge in [0.15, 0.2) is 0 Å². The highest BCUT2D eigenvalue weighted by Crippen LogP contribution is 2.11. The Morgan fingerprint density at radius 2 is 1.19 bits per heavy atom. The Morgan fingerprint density at radius 3 is 1.62 bits per heavy atom. The van der Waals surface area contributed by atoms with Crippen molar-refractivity contribution in [2.75, 3.05) is 6.54 Å². The van der Waals surface area contributed by atoms with E-state index in [0.29, 0.717) is 13.0 Å². The lowest BCUT2D eigenvalue weighted by molar-refractivity contribution is -0.134. The van der Waals surface area contributed by atoms with Crippen LogP contribution in [0.1, 0.15) is 82.6 Å². The zero-order valence-electron chi connectivity index (χ0n) is 24.4. The predicted octanol–water partition coefficient (Wildman–Crippen LogP) is 1.85. The van der Waals surface area contributed by atoms with Crippen LogP contribution in [0.15, 0.2) is 0 Å². The average Bonchev–Trinajstić information content (AvgIpc) is 2.72. The molecule has 11 heteroatoms. The first-order chi connectivity index (χ1) is 16.9. The molecule has 0 spiro atoms. The Balaban J connectivity index is 5.45. The number of amides is 5. The molecule has 11 nitrogen and oxygen atoms in total. The maximum Gasteiger partial charge on any atom is 0.408 e. The van der Waals surface area contributed by atoms with Crippen LogP contribution in [-0.2, 0) is 23.9 Å². The molecule has 214 valence electrons. The number of hydrogen-bond donors (Lipinski definition) is 5. The van der Waals surface area contributed by atoms with Crippen LogP contribution in [-0.4, -0.2) is 66.0 Å². The van der Waals surface area contributed by atoms with Crippen LogP contribution in [0.2, 0.25) is 0 Å². The molecular formula is C26H49N5O6. The number of hydrogen-bond acceptors (Lipinski definition) is 6. The molecule has 4 atom stereocenters. The van der Waals surface area contributed by atoms with Gasteiger partial charge in [-0.1, -0.05) is 41.5 Å². The molecule has 37 heavy (non-hydrogen) atoms. The highest BCUT2D eigenvalue weighted by Gasteiger charge is 2.32. The first kappa shape index (κ1) is 34.1. The number of likely N-dealkylation sites (N-methyl/N-ethyl adjacent to an activating group) is 1. The van der Waals surface area contributed by atoms with Crippen LogP contribution in [0.3, 0.4) is 0 Å². The highest BCUT2D eigenvalue weighted by atomic mass is 16.6. The second-order valence-corrected chi connectivity index (χ2v) is 11.4. The summed E-state index contributed by atoms with van der Waals surface area (Å²) in [5, 5.41) is 13.3. The number of nitrogens with one attached hydrogen (secondary N) is 5. The Bertz CT molecular complexity index is 791. The predicted molar refractivity (Wildman–Crippen MR) is 142 cm³/mol. The molecule has 0 bridgehead atoms. The third-order valence-corrected chi connectivity index (χ3v) is 5.31. The topological polar surface area (TPSA) is 155 Å². The molecule has 0 aromatic rings. The van der Waals surface area contributed by atoms with E-state index in [1.165, 1.54) is 6.92 Å². The molecule has 0 radical (unpaired) electrons. The summed E-state index contributed by atoms with van der Waals surface area (Å²) in [7, 11) is 0. The Hall–Kier alpha value is -2.85. The van der Waals surface area contributed by atoms with Gasteiger partial charge in [0, 0.05) is 6.54 Å². The lowest BCUT2D eigenvalue weighted by Crippen LogP contribution is -2.59. The molecule has 5 amide bonds. The number of rotatable bonds is 13.